The molecule has 0 bridgehead atoms. The largest absolute Gasteiger partial charge is 0.0928 e. The molecular weight excluding hydrogens is 236 g/mol. The van der Waals surface area contributed by atoms with Crippen molar-refractivity contribution in [2.75, 3.05) is 5.33 Å². The summed E-state index contributed by atoms with van der Waals surface area (Å²) in [7, 11) is 0. The molecule has 0 aliphatic heterocycles. The number of alkyl halides is 1. The molecule has 0 N–H and O–H groups in total. The maximum absolute atomic E-state index is 3.50. The molecule has 0 aromatic carbocycles. The third-order valence-electron chi connectivity index (χ3n) is 2.90. The minimum atomic E-state index is 0.921. The smallest absolute Gasteiger partial charge is 0.00338 e. The van der Waals surface area contributed by atoms with Crippen molar-refractivity contribution in [1.82, 2.24) is 0 Å². The topological polar surface area (TPSA) is 0 Å². The van der Waals surface area contributed by atoms with Crippen molar-refractivity contribution in [3.63, 3.8) is 0 Å². The van der Waals surface area contributed by atoms with E-state index < -0.39 is 0 Å². The van der Waals surface area contributed by atoms with E-state index in [4.69, 9.17) is 0 Å². The Morgan fingerprint density at radius 3 is 2.00 bits per heavy atom. The Balaban J connectivity index is 2.98. The number of rotatable bonds is 10. The molecule has 0 saturated heterocycles. The minimum Gasteiger partial charge on any atom is -0.0928 e. The van der Waals surface area contributed by atoms with Crippen LogP contribution in [0.25, 0.3) is 0 Å². The van der Waals surface area contributed by atoms with Gasteiger partial charge in [-0.3, -0.25) is 0 Å². The van der Waals surface area contributed by atoms with Crippen LogP contribution in [0.1, 0.15) is 71.6 Å². The van der Waals surface area contributed by atoms with E-state index in [0.717, 1.165) is 5.92 Å². The molecule has 0 aromatic heterocycles. The van der Waals surface area contributed by atoms with Crippen LogP contribution in [0.5, 0.6) is 0 Å². The molecule has 1 unspecified atom stereocenters. The van der Waals surface area contributed by atoms with Crippen LogP contribution in [-0.4, -0.2) is 5.33 Å². The molecule has 0 nitrogen and oxygen atoms in total. The summed E-state index contributed by atoms with van der Waals surface area (Å²) in [6, 6.07) is 0. The number of hydrogen-bond donors (Lipinski definition) is 0. The van der Waals surface area contributed by atoms with Crippen LogP contribution < -0.4 is 0 Å². The molecule has 0 heterocycles. The van der Waals surface area contributed by atoms with Crippen LogP contribution >= 0.6 is 15.9 Å². The third-order valence-corrected chi connectivity index (χ3v) is 3.36. The van der Waals surface area contributed by atoms with Gasteiger partial charge in [-0.1, -0.05) is 81.1 Å². The molecule has 0 fully saturated rings. The summed E-state index contributed by atoms with van der Waals surface area (Å²) in [4.78, 5) is 0. The second-order valence-corrected chi connectivity index (χ2v) is 5.29. The number of unbranched alkanes of at least 4 members (excludes halogenated alkanes) is 6. The van der Waals surface area contributed by atoms with E-state index in [2.05, 4.69) is 29.8 Å². The minimum absolute atomic E-state index is 0.921. The van der Waals surface area contributed by atoms with E-state index >= 15 is 0 Å². The number of hydrogen-bond acceptors (Lipinski definition) is 0. The molecule has 0 aromatic rings. The molecule has 1 heteroatoms. The quantitative estimate of drug-likeness (QED) is 0.358. The lowest BCUT2D eigenvalue weighted by Gasteiger charge is -2.08. The summed E-state index contributed by atoms with van der Waals surface area (Å²) in [5.74, 6) is 0.921. The lowest BCUT2D eigenvalue weighted by molar-refractivity contribution is 0.474. The van der Waals surface area contributed by atoms with Crippen LogP contribution in [0.4, 0.5) is 0 Å². The summed E-state index contributed by atoms with van der Waals surface area (Å²) in [6.07, 6.45) is 12.8. The maximum atomic E-state index is 3.50. The molecule has 0 spiro atoms. The fourth-order valence-corrected chi connectivity index (χ4v) is 2.56. The standard InChI is InChI=1S/C13H27Br/c1-3-4-5-6-7-8-9-10-13(2)11-12-14/h13H,3-12H2,1-2H3. The van der Waals surface area contributed by atoms with Gasteiger partial charge in [0.15, 0.2) is 0 Å². The fraction of sp³-hybridized carbons (Fsp3) is 1.00. The van der Waals surface area contributed by atoms with Crippen molar-refractivity contribution in [1.29, 1.82) is 0 Å². The van der Waals surface area contributed by atoms with Crippen LogP contribution in [0.2, 0.25) is 0 Å². The molecule has 0 aliphatic carbocycles. The lowest BCUT2D eigenvalue weighted by atomic mass is 10.00. The zero-order valence-electron chi connectivity index (χ0n) is 10.0. The highest BCUT2D eigenvalue weighted by molar-refractivity contribution is 9.09. The van der Waals surface area contributed by atoms with Gasteiger partial charge in [0.1, 0.15) is 0 Å². The molecule has 0 saturated carbocycles. The van der Waals surface area contributed by atoms with Crippen molar-refractivity contribution < 1.29 is 0 Å². The maximum Gasteiger partial charge on any atom is 0.00338 e. The van der Waals surface area contributed by atoms with Crippen molar-refractivity contribution in [3.05, 3.63) is 0 Å². The van der Waals surface area contributed by atoms with Crippen molar-refractivity contribution in [2.45, 2.75) is 71.6 Å². The molecule has 0 rings (SSSR count). The average molecular weight is 263 g/mol. The first-order chi connectivity index (χ1) is 6.81. The molecule has 0 radical (unpaired) electrons. The fourth-order valence-electron chi connectivity index (χ4n) is 1.78. The normalized spacial score (nSPS) is 13.1. The van der Waals surface area contributed by atoms with Crippen molar-refractivity contribution in [2.24, 2.45) is 5.92 Å². The molecule has 14 heavy (non-hydrogen) atoms. The zero-order chi connectivity index (χ0) is 10.6. The Labute approximate surface area is 99.0 Å². The highest BCUT2D eigenvalue weighted by Crippen LogP contribution is 2.15. The van der Waals surface area contributed by atoms with Gasteiger partial charge in [-0.05, 0) is 12.3 Å². The van der Waals surface area contributed by atoms with Gasteiger partial charge in [-0.25, -0.2) is 0 Å². The summed E-state index contributed by atoms with van der Waals surface area (Å²) >= 11 is 3.50. The van der Waals surface area contributed by atoms with Gasteiger partial charge in [0, 0.05) is 5.33 Å². The third kappa shape index (κ3) is 10.6. The Hall–Kier alpha value is 0.480. The average Bonchev–Trinajstić information content (AvgIpc) is 2.17. The lowest BCUT2D eigenvalue weighted by Crippen LogP contribution is -1.95. The predicted octanol–water partition coefficient (Wildman–Crippen LogP) is 5.55. The van der Waals surface area contributed by atoms with Crippen molar-refractivity contribution in [3.8, 4) is 0 Å². The van der Waals surface area contributed by atoms with Crippen LogP contribution in [-0.2, 0) is 0 Å². The van der Waals surface area contributed by atoms with Crippen LogP contribution in [0, 0.1) is 5.92 Å². The number of halogens is 1. The molecule has 0 aliphatic rings. The molecular formula is C13H27Br. The Morgan fingerprint density at radius 1 is 0.857 bits per heavy atom. The Bertz CT molecular complexity index is 101. The molecule has 0 amide bonds. The predicted molar refractivity (Wildman–Crippen MR) is 70.2 cm³/mol. The van der Waals surface area contributed by atoms with Crippen LogP contribution in [0.15, 0.2) is 0 Å². The monoisotopic (exact) mass is 262 g/mol. The highest BCUT2D eigenvalue weighted by atomic mass is 79.9. The molecule has 86 valence electrons. The first kappa shape index (κ1) is 14.5. The van der Waals surface area contributed by atoms with Gasteiger partial charge in [0.25, 0.3) is 0 Å². The summed E-state index contributed by atoms with van der Waals surface area (Å²) in [5, 5.41) is 1.17. The second-order valence-electron chi connectivity index (χ2n) is 4.49. The SMILES string of the molecule is CCCCCCCCCC(C)CCBr. The van der Waals surface area contributed by atoms with E-state index in [0.29, 0.717) is 0 Å². The van der Waals surface area contributed by atoms with E-state index in [1.165, 1.54) is 63.1 Å². The van der Waals surface area contributed by atoms with E-state index in [1.54, 1.807) is 0 Å². The van der Waals surface area contributed by atoms with Crippen molar-refractivity contribution >= 4 is 15.9 Å². The first-order valence-electron chi connectivity index (χ1n) is 6.37. The molecule has 1 atom stereocenters. The van der Waals surface area contributed by atoms with Gasteiger partial charge >= 0.3 is 0 Å². The van der Waals surface area contributed by atoms with Gasteiger partial charge in [-0.15, -0.1) is 0 Å². The van der Waals surface area contributed by atoms with Crippen LogP contribution in [0.3, 0.4) is 0 Å². The van der Waals surface area contributed by atoms with E-state index in [9.17, 15) is 0 Å². The Kier molecular flexibility index (Phi) is 12.0. The summed E-state index contributed by atoms with van der Waals surface area (Å²) in [5.41, 5.74) is 0. The highest BCUT2D eigenvalue weighted by Gasteiger charge is 2.00. The van der Waals surface area contributed by atoms with E-state index in [1.807, 2.05) is 0 Å². The van der Waals surface area contributed by atoms with Gasteiger partial charge in [-0.2, -0.15) is 0 Å². The second kappa shape index (κ2) is 11.6. The van der Waals surface area contributed by atoms with Gasteiger partial charge < -0.3 is 0 Å². The zero-order valence-corrected chi connectivity index (χ0v) is 11.6. The summed E-state index contributed by atoms with van der Waals surface area (Å²) < 4.78 is 0. The van der Waals surface area contributed by atoms with E-state index in [-0.39, 0.29) is 0 Å². The van der Waals surface area contributed by atoms with Gasteiger partial charge in [0.05, 0.1) is 0 Å². The summed E-state index contributed by atoms with van der Waals surface area (Å²) in [6.45, 7) is 4.65. The van der Waals surface area contributed by atoms with Gasteiger partial charge in [0.2, 0.25) is 0 Å². The first-order valence-corrected chi connectivity index (χ1v) is 7.49. The Morgan fingerprint density at radius 2 is 1.43 bits per heavy atom.